The van der Waals surface area contributed by atoms with E-state index in [2.05, 4.69) is 21.3 Å². The fourth-order valence-electron chi connectivity index (χ4n) is 10.7. The van der Waals surface area contributed by atoms with Gasteiger partial charge in [0.2, 0.25) is 23.6 Å². The van der Waals surface area contributed by atoms with Crippen LogP contribution in [-0.2, 0) is 76.1 Å². The van der Waals surface area contributed by atoms with Gasteiger partial charge in [0.1, 0.15) is 140 Å². The summed E-state index contributed by atoms with van der Waals surface area (Å²) in [5, 5.41) is 204. The second-order valence-corrected chi connectivity index (χ2v) is 21.2. The first kappa shape index (κ1) is 70.3. The molecule has 6 saturated heterocycles. The minimum absolute atomic E-state index is 0.801. The number of amides is 4. The summed E-state index contributed by atoms with van der Waals surface area (Å²) in [7, 11) is 0. The lowest BCUT2D eigenvalue weighted by molar-refractivity contribution is -0.384. The van der Waals surface area contributed by atoms with E-state index >= 15 is 0 Å². The Balaban J connectivity index is 1.30. The third-order valence-corrected chi connectivity index (χ3v) is 15.0. The summed E-state index contributed by atoms with van der Waals surface area (Å²) in [6, 6.07) is -7.00. The Kier molecular flexibility index (Phi) is 24.9. The molecule has 38 nitrogen and oxygen atoms in total. The molecule has 6 aliphatic rings. The number of hydrogen-bond acceptors (Lipinski definition) is 33. The molecule has 1 unspecified atom stereocenters. The molecule has 4 amide bonds. The van der Waals surface area contributed by atoms with Crippen molar-refractivity contribution in [2.75, 3.05) is 39.6 Å². The van der Waals surface area contributed by atoms with Crippen molar-refractivity contribution < 1.29 is 168 Å². The van der Waals surface area contributed by atoms with Crippen molar-refractivity contribution in [3.63, 3.8) is 0 Å². The summed E-state index contributed by atoms with van der Waals surface area (Å²) in [5.74, 6) is -8.72. The highest BCUT2D eigenvalue weighted by Crippen LogP contribution is 2.40. The molecule has 0 aromatic carbocycles. The zero-order chi connectivity index (χ0) is 63.3. The molecule has 0 saturated carbocycles. The van der Waals surface area contributed by atoms with Gasteiger partial charge < -0.3 is 165 Å². The number of aliphatic carboxylic acids is 1. The molecule has 6 heterocycles. The van der Waals surface area contributed by atoms with E-state index in [9.17, 15) is 116 Å². The third kappa shape index (κ3) is 15.8. The number of carboxylic acids is 1. The Morgan fingerprint density at radius 3 is 1.48 bits per heavy atom. The van der Waals surface area contributed by atoms with Crippen LogP contribution in [0.2, 0.25) is 0 Å². The quantitative estimate of drug-likeness (QED) is 0.0452. The van der Waals surface area contributed by atoms with Crippen LogP contribution in [0.5, 0.6) is 0 Å². The van der Waals surface area contributed by atoms with Crippen molar-refractivity contribution in [3.05, 3.63) is 0 Å². The van der Waals surface area contributed by atoms with Gasteiger partial charge in [-0.2, -0.15) is 0 Å². The van der Waals surface area contributed by atoms with Crippen molar-refractivity contribution in [1.29, 1.82) is 0 Å². The molecule has 22 N–H and O–H groups in total. The Labute approximate surface area is 481 Å². The summed E-state index contributed by atoms with van der Waals surface area (Å²) < 4.78 is 63.9. The molecule has 6 aliphatic heterocycles. The molecule has 85 heavy (non-hydrogen) atoms. The number of nitrogens with one attached hydrogen (secondary N) is 4. The van der Waals surface area contributed by atoms with Gasteiger partial charge in [0.05, 0.1) is 51.8 Å². The van der Waals surface area contributed by atoms with E-state index in [4.69, 9.17) is 52.1 Å². The number of aliphatic hydroxyl groups is 17. The van der Waals surface area contributed by atoms with Gasteiger partial charge in [-0.3, -0.25) is 19.2 Å². The number of carbonyl (C=O) groups excluding carboxylic acids is 4. The van der Waals surface area contributed by atoms with E-state index in [0.717, 1.165) is 27.7 Å². The lowest BCUT2D eigenvalue weighted by Crippen LogP contribution is -2.71. The standard InChI is InChI=1S/C47H78N4O34/c1-12(57)48-23-16(61)5-47(46(73)74,84-39(23)27(63)17(62)6-52)85-40-30(66)20(9-55)78-45(35(40)71)81-36-21(10-56)79-42(24(32(36)68)49-13(2)58)75-11-22-31(67)38(83-44-34(70)33(69)28(64)18(7-53)77-44)26(51-15(4)60)43(80-22)82-37-25(50-14(3)59)41(72)76-19(8-54)29(37)65/h16-45,52-56,61-72H,5-11H2,1-4H3,(H,48,57)(H,49,58)(H,50,59)(H,51,60)(H,73,74)/t16-,17+,18+,19+,20+,21+,22+,23+,24+,25+,26+,27+,28-,29-,30-,31-,32+,33-,34+,35+,36+,37+,38+,39+,40-,41?,42+,43+,44-,45-,47-/m0/s1. The first-order valence-corrected chi connectivity index (χ1v) is 26.7. The first-order chi connectivity index (χ1) is 40.0. The summed E-state index contributed by atoms with van der Waals surface area (Å²) >= 11 is 0. The number of carbonyl (C=O) groups is 5. The van der Waals surface area contributed by atoms with Gasteiger partial charge >= 0.3 is 5.97 Å². The highest BCUT2D eigenvalue weighted by molar-refractivity contribution is 5.77. The van der Waals surface area contributed by atoms with Crippen LogP contribution in [0.15, 0.2) is 0 Å². The number of hydrogen-bond donors (Lipinski definition) is 22. The van der Waals surface area contributed by atoms with Crippen LogP contribution in [0.3, 0.4) is 0 Å². The number of carboxylic acid groups (broad SMARTS) is 1. The van der Waals surface area contributed by atoms with Crippen LogP contribution in [0, 0.1) is 0 Å². The summed E-state index contributed by atoms with van der Waals surface area (Å²) in [4.78, 5) is 63.2. The molecular formula is C47H78N4O34. The van der Waals surface area contributed by atoms with Gasteiger partial charge in [0, 0.05) is 34.1 Å². The van der Waals surface area contributed by atoms with E-state index in [0.29, 0.717) is 0 Å². The van der Waals surface area contributed by atoms with Crippen LogP contribution in [0.1, 0.15) is 34.1 Å². The van der Waals surface area contributed by atoms with Crippen molar-refractivity contribution in [2.45, 2.75) is 224 Å². The predicted molar refractivity (Wildman–Crippen MR) is 263 cm³/mol. The molecule has 6 fully saturated rings. The van der Waals surface area contributed by atoms with E-state index in [-0.39, 0.29) is 0 Å². The lowest BCUT2D eigenvalue weighted by Gasteiger charge is -2.51. The molecule has 38 heteroatoms. The molecular weight excluding hydrogens is 1160 g/mol. The topological polar surface area (TPSA) is 599 Å². The number of ether oxygens (including phenoxy) is 11. The van der Waals surface area contributed by atoms with Crippen LogP contribution in [-0.4, -0.2) is 351 Å². The highest BCUT2D eigenvalue weighted by Gasteiger charge is 2.61. The van der Waals surface area contributed by atoms with E-state index in [1.807, 2.05) is 0 Å². The SMILES string of the molecule is CC(=O)N[C@H]1[C@H](OC[C@H]2O[C@H](O[C@H]3[C@@H](O)[C@@H](CO)OC(O)[C@@H]3NC(C)=O)[C@H](NC(C)=O)[C@@H](O[C@@H]3O[C@H](CO)[C@H](O)[C@H](O)[C@H]3O)[C@H]2O)O[C@H](CO)[C@@H](O[C@@H]2O[C@H](CO)[C@H](O)[C@H](O[C@]3(C(=O)O)C[C@H](O)[C@@H](NC(C)=O)[C@H]([C@H](O)[C@H](O)CO)O3)[C@H]2O)[C@@H]1O. The normalized spacial score (nSPS) is 45.0. The first-order valence-electron chi connectivity index (χ1n) is 26.7. The minimum Gasteiger partial charge on any atom is -0.477 e. The fourth-order valence-corrected chi connectivity index (χ4v) is 10.7. The van der Waals surface area contributed by atoms with Crippen LogP contribution >= 0.6 is 0 Å². The zero-order valence-corrected chi connectivity index (χ0v) is 45.9. The number of rotatable bonds is 23. The monoisotopic (exact) mass is 1240 g/mol. The van der Waals surface area contributed by atoms with Gasteiger partial charge in [-0.15, -0.1) is 0 Å². The maximum absolute atomic E-state index is 13.1. The highest BCUT2D eigenvalue weighted by atomic mass is 16.8. The minimum atomic E-state index is -3.21. The van der Waals surface area contributed by atoms with E-state index < -0.39 is 265 Å². The molecule has 0 radical (unpaired) electrons. The second kappa shape index (κ2) is 30.2. The van der Waals surface area contributed by atoms with Gasteiger partial charge in [0.15, 0.2) is 31.5 Å². The molecule has 0 bridgehead atoms. The average molecular weight is 1240 g/mol. The average Bonchev–Trinajstić information content (AvgIpc) is 2.91. The molecule has 0 aromatic heterocycles. The van der Waals surface area contributed by atoms with Gasteiger partial charge in [-0.1, -0.05) is 0 Å². The van der Waals surface area contributed by atoms with Gasteiger partial charge in [-0.25, -0.2) is 4.79 Å². The van der Waals surface area contributed by atoms with Gasteiger partial charge in [-0.05, 0) is 0 Å². The zero-order valence-electron chi connectivity index (χ0n) is 45.9. The van der Waals surface area contributed by atoms with Crippen molar-refractivity contribution >= 4 is 29.6 Å². The molecule has 0 aliphatic carbocycles. The Morgan fingerprint density at radius 2 is 0.929 bits per heavy atom. The smallest absolute Gasteiger partial charge is 0.364 e. The Hall–Kier alpha value is -3.77. The predicted octanol–water partition coefficient (Wildman–Crippen LogP) is -14.3. The Morgan fingerprint density at radius 1 is 0.482 bits per heavy atom. The summed E-state index contributed by atoms with van der Waals surface area (Å²) in [6.07, 6.45) is -53.8. The van der Waals surface area contributed by atoms with Crippen LogP contribution < -0.4 is 21.3 Å². The maximum atomic E-state index is 13.1. The van der Waals surface area contributed by atoms with Crippen LogP contribution in [0.4, 0.5) is 0 Å². The fraction of sp³-hybridized carbons (Fsp3) is 0.894. The lowest BCUT2D eigenvalue weighted by atomic mass is 9.88. The van der Waals surface area contributed by atoms with E-state index in [1.54, 1.807) is 0 Å². The largest absolute Gasteiger partial charge is 0.477 e. The number of aliphatic hydroxyl groups excluding tert-OH is 17. The molecule has 0 aromatic rings. The molecule has 31 atom stereocenters. The summed E-state index contributed by atoms with van der Waals surface area (Å²) in [6.45, 7) is -2.34. The molecule has 0 spiro atoms. The van der Waals surface area contributed by atoms with Crippen molar-refractivity contribution in [1.82, 2.24) is 21.3 Å². The second-order valence-electron chi connectivity index (χ2n) is 21.2. The summed E-state index contributed by atoms with van der Waals surface area (Å²) in [5.41, 5.74) is 0. The van der Waals surface area contributed by atoms with Crippen molar-refractivity contribution in [2.24, 2.45) is 0 Å². The van der Waals surface area contributed by atoms with Crippen LogP contribution in [0.25, 0.3) is 0 Å². The van der Waals surface area contributed by atoms with Crippen molar-refractivity contribution in [3.8, 4) is 0 Å². The Bertz CT molecular complexity index is 2210. The molecule has 6 rings (SSSR count). The van der Waals surface area contributed by atoms with Gasteiger partial charge in [0.25, 0.3) is 5.79 Å². The van der Waals surface area contributed by atoms with E-state index in [1.165, 1.54) is 0 Å². The third-order valence-electron chi connectivity index (χ3n) is 15.0. The molecule has 490 valence electrons. The maximum Gasteiger partial charge on any atom is 0.364 e.